The van der Waals surface area contributed by atoms with E-state index in [0.717, 1.165) is 51.4 Å². The molecule has 0 aromatic carbocycles. The maximum atomic E-state index is 12.2. The van der Waals surface area contributed by atoms with Crippen molar-refractivity contribution >= 4 is 11.9 Å². The molecule has 0 aliphatic heterocycles. The van der Waals surface area contributed by atoms with Gasteiger partial charge in [0.15, 0.2) is 6.10 Å². The summed E-state index contributed by atoms with van der Waals surface area (Å²) in [4.78, 5) is 24.3. The van der Waals surface area contributed by atoms with Crippen molar-refractivity contribution in [2.45, 2.75) is 238 Å². The van der Waals surface area contributed by atoms with Gasteiger partial charge in [0, 0.05) is 12.8 Å². The molecule has 0 spiro atoms. The van der Waals surface area contributed by atoms with E-state index in [2.05, 4.69) is 38.2 Å². The molecule has 0 rings (SSSR count). The Morgan fingerprint density at radius 1 is 0.460 bits per heavy atom. The zero-order valence-electron chi connectivity index (χ0n) is 33.4. The molecule has 0 fully saturated rings. The Balaban J connectivity index is 3.51. The number of allylic oxidation sites excluding steroid dienone is 4. The second-order valence-electron chi connectivity index (χ2n) is 14.8. The number of rotatable bonds is 40. The summed E-state index contributed by atoms with van der Waals surface area (Å²) in [7, 11) is 0. The lowest BCUT2D eigenvalue weighted by molar-refractivity contribution is -0.161. The standard InChI is InChI=1S/C45H84O5/c1-3-5-7-9-11-13-15-17-19-21-23-25-27-29-31-33-35-37-39-44(47)49-42-43(41-46)50-45(48)40-38-36-34-32-30-28-26-24-22-20-18-16-14-12-10-8-6-4-2/h14,16,20,22,43,46H,3-13,15,17-19,21,23-42H2,1-2H3/b16-14-,22-20-. The fraction of sp³-hybridized carbons (Fsp3) is 0.867. The topological polar surface area (TPSA) is 72.8 Å². The van der Waals surface area contributed by atoms with Crippen molar-refractivity contribution in [3.05, 3.63) is 24.3 Å². The first-order valence-electron chi connectivity index (χ1n) is 21.9. The first-order chi connectivity index (χ1) is 24.6. The highest BCUT2D eigenvalue weighted by molar-refractivity contribution is 5.70. The van der Waals surface area contributed by atoms with Crippen LogP contribution in [0.3, 0.4) is 0 Å². The van der Waals surface area contributed by atoms with Gasteiger partial charge in [0.05, 0.1) is 6.61 Å². The average Bonchev–Trinajstić information content (AvgIpc) is 3.12. The molecule has 0 aliphatic rings. The molecular weight excluding hydrogens is 620 g/mol. The number of hydrogen-bond acceptors (Lipinski definition) is 5. The third-order valence-corrected chi connectivity index (χ3v) is 9.75. The van der Waals surface area contributed by atoms with Crippen molar-refractivity contribution in [3.8, 4) is 0 Å². The van der Waals surface area contributed by atoms with Crippen molar-refractivity contribution in [1.82, 2.24) is 0 Å². The van der Waals surface area contributed by atoms with Gasteiger partial charge < -0.3 is 14.6 Å². The molecule has 0 radical (unpaired) electrons. The molecule has 0 aliphatic carbocycles. The molecular formula is C45H84O5. The van der Waals surface area contributed by atoms with E-state index in [0.29, 0.717) is 12.8 Å². The summed E-state index contributed by atoms with van der Waals surface area (Å²) in [5, 5.41) is 9.58. The molecule has 0 aromatic rings. The van der Waals surface area contributed by atoms with Gasteiger partial charge in [-0.05, 0) is 44.9 Å². The average molecular weight is 705 g/mol. The van der Waals surface area contributed by atoms with Crippen molar-refractivity contribution < 1.29 is 24.2 Å². The first kappa shape index (κ1) is 48.4. The molecule has 0 heterocycles. The van der Waals surface area contributed by atoms with Crippen LogP contribution in [-0.2, 0) is 19.1 Å². The van der Waals surface area contributed by atoms with E-state index in [9.17, 15) is 14.7 Å². The van der Waals surface area contributed by atoms with E-state index < -0.39 is 6.10 Å². The van der Waals surface area contributed by atoms with Crippen LogP contribution in [0.25, 0.3) is 0 Å². The van der Waals surface area contributed by atoms with Crippen LogP contribution in [0.15, 0.2) is 24.3 Å². The quantitative estimate of drug-likeness (QED) is 0.0390. The van der Waals surface area contributed by atoms with Gasteiger partial charge in [-0.1, -0.05) is 199 Å². The highest BCUT2D eigenvalue weighted by atomic mass is 16.6. The molecule has 1 N–H and O–H groups in total. The number of hydrogen-bond donors (Lipinski definition) is 1. The van der Waals surface area contributed by atoms with Crippen molar-refractivity contribution in [2.75, 3.05) is 13.2 Å². The Morgan fingerprint density at radius 2 is 0.800 bits per heavy atom. The zero-order chi connectivity index (χ0) is 36.4. The molecule has 0 saturated carbocycles. The van der Waals surface area contributed by atoms with E-state index in [1.54, 1.807) is 0 Å². The molecule has 50 heavy (non-hydrogen) atoms. The van der Waals surface area contributed by atoms with E-state index >= 15 is 0 Å². The van der Waals surface area contributed by atoms with Crippen LogP contribution in [0, 0.1) is 0 Å². The van der Waals surface area contributed by atoms with Crippen molar-refractivity contribution in [2.24, 2.45) is 0 Å². The van der Waals surface area contributed by atoms with Crippen molar-refractivity contribution in [1.29, 1.82) is 0 Å². The fourth-order valence-electron chi connectivity index (χ4n) is 6.41. The molecule has 0 amide bonds. The van der Waals surface area contributed by atoms with Crippen LogP contribution in [0.1, 0.15) is 232 Å². The van der Waals surface area contributed by atoms with Crippen LogP contribution < -0.4 is 0 Å². The van der Waals surface area contributed by atoms with E-state index in [-0.39, 0.29) is 25.2 Å². The van der Waals surface area contributed by atoms with E-state index in [4.69, 9.17) is 9.47 Å². The Kier molecular flexibility index (Phi) is 40.4. The maximum absolute atomic E-state index is 12.2. The second-order valence-corrected chi connectivity index (χ2v) is 14.8. The first-order valence-corrected chi connectivity index (χ1v) is 21.9. The van der Waals surface area contributed by atoms with Crippen molar-refractivity contribution in [3.63, 3.8) is 0 Å². The summed E-state index contributed by atoms with van der Waals surface area (Å²) >= 11 is 0. The van der Waals surface area contributed by atoms with Gasteiger partial charge in [-0.25, -0.2) is 0 Å². The number of esters is 2. The number of aliphatic hydroxyl groups excluding tert-OH is 1. The number of carbonyl (C=O) groups is 2. The SMILES string of the molecule is CCCCCC/C=C\C/C=C\CCCCCCCCCC(=O)OC(CO)COC(=O)CCCCCCCCCCCCCCCCCCCC. The number of carbonyl (C=O) groups excluding carboxylic acids is 2. The summed E-state index contributed by atoms with van der Waals surface area (Å²) in [6, 6.07) is 0. The van der Waals surface area contributed by atoms with Crippen LogP contribution in [-0.4, -0.2) is 36.4 Å². The van der Waals surface area contributed by atoms with Crippen LogP contribution >= 0.6 is 0 Å². The summed E-state index contributed by atoms with van der Waals surface area (Å²) in [5.74, 6) is -0.589. The molecule has 294 valence electrons. The highest BCUT2D eigenvalue weighted by Gasteiger charge is 2.16. The summed E-state index contributed by atoms with van der Waals surface area (Å²) in [5.41, 5.74) is 0. The lowest BCUT2D eigenvalue weighted by Crippen LogP contribution is -2.28. The molecule has 0 saturated heterocycles. The Bertz CT molecular complexity index is 761. The lowest BCUT2D eigenvalue weighted by atomic mass is 10.0. The molecule has 5 heteroatoms. The highest BCUT2D eigenvalue weighted by Crippen LogP contribution is 2.15. The normalized spacial score (nSPS) is 12.3. The third kappa shape index (κ3) is 39.2. The lowest BCUT2D eigenvalue weighted by Gasteiger charge is -2.15. The largest absolute Gasteiger partial charge is 0.462 e. The smallest absolute Gasteiger partial charge is 0.306 e. The van der Waals surface area contributed by atoms with Crippen LogP contribution in [0.5, 0.6) is 0 Å². The van der Waals surface area contributed by atoms with Gasteiger partial charge in [-0.3, -0.25) is 9.59 Å². The van der Waals surface area contributed by atoms with E-state index in [1.807, 2.05) is 0 Å². The van der Waals surface area contributed by atoms with Gasteiger partial charge in [0.2, 0.25) is 0 Å². The number of aliphatic hydroxyl groups is 1. The predicted molar refractivity (Wildman–Crippen MR) is 215 cm³/mol. The minimum absolute atomic E-state index is 0.0644. The molecule has 1 atom stereocenters. The molecule has 1 unspecified atom stereocenters. The molecule has 5 nitrogen and oxygen atoms in total. The number of unbranched alkanes of at least 4 members (excludes halogenated alkanes) is 28. The minimum Gasteiger partial charge on any atom is -0.462 e. The monoisotopic (exact) mass is 705 g/mol. The zero-order valence-corrected chi connectivity index (χ0v) is 33.4. The van der Waals surface area contributed by atoms with Gasteiger partial charge in [0.1, 0.15) is 6.61 Å². The summed E-state index contributed by atoms with van der Waals surface area (Å²) < 4.78 is 10.6. The predicted octanol–water partition coefficient (Wildman–Crippen LogP) is 13.8. The third-order valence-electron chi connectivity index (χ3n) is 9.75. The second kappa shape index (κ2) is 41.8. The number of ether oxygens (including phenoxy) is 2. The molecule has 0 bridgehead atoms. The maximum Gasteiger partial charge on any atom is 0.306 e. The van der Waals surface area contributed by atoms with E-state index in [1.165, 1.54) is 154 Å². The van der Waals surface area contributed by atoms with Gasteiger partial charge in [0.25, 0.3) is 0 Å². The Labute approximate surface area is 311 Å². The fourth-order valence-corrected chi connectivity index (χ4v) is 6.41. The summed E-state index contributed by atoms with van der Waals surface area (Å²) in [6.45, 7) is 4.14. The van der Waals surface area contributed by atoms with Gasteiger partial charge in [-0.2, -0.15) is 0 Å². The van der Waals surface area contributed by atoms with Crippen LogP contribution in [0.4, 0.5) is 0 Å². The Hall–Kier alpha value is -1.62. The summed E-state index contributed by atoms with van der Waals surface area (Å²) in [6.07, 6.45) is 49.6. The minimum atomic E-state index is -0.771. The van der Waals surface area contributed by atoms with Gasteiger partial charge in [-0.15, -0.1) is 0 Å². The van der Waals surface area contributed by atoms with Gasteiger partial charge >= 0.3 is 11.9 Å². The van der Waals surface area contributed by atoms with Crippen LogP contribution in [0.2, 0.25) is 0 Å². The molecule has 0 aromatic heterocycles. The Morgan fingerprint density at radius 3 is 1.20 bits per heavy atom.